The van der Waals surface area contributed by atoms with Gasteiger partial charge < -0.3 is 9.47 Å². The number of rotatable bonds is 3. The van der Waals surface area contributed by atoms with Crippen LogP contribution in [0.5, 0.6) is 5.75 Å². The molecule has 0 spiro atoms. The van der Waals surface area contributed by atoms with E-state index in [1.807, 2.05) is 19.1 Å². The minimum Gasteiger partial charge on any atom is -0.463 e. The summed E-state index contributed by atoms with van der Waals surface area (Å²) in [5.74, 6) is 0.270. The average molecular weight is 285 g/mol. The molecule has 0 unspecified atom stereocenters. The zero-order valence-corrected chi connectivity index (χ0v) is 11.0. The molecule has 0 radical (unpaired) electrons. The van der Waals surface area contributed by atoms with Gasteiger partial charge >= 0.3 is 5.97 Å². The molecule has 0 atom stereocenters. The van der Waals surface area contributed by atoms with Crippen molar-refractivity contribution in [3.8, 4) is 5.75 Å². The van der Waals surface area contributed by atoms with Gasteiger partial charge in [-0.3, -0.25) is 0 Å². The van der Waals surface area contributed by atoms with Crippen LogP contribution in [0.3, 0.4) is 0 Å². The van der Waals surface area contributed by atoms with E-state index in [1.165, 1.54) is 7.11 Å². The van der Waals surface area contributed by atoms with Crippen molar-refractivity contribution in [1.82, 2.24) is 0 Å². The Morgan fingerprint density at radius 1 is 1.44 bits per heavy atom. The highest BCUT2D eigenvalue weighted by atomic mass is 79.9. The minimum atomic E-state index is -0.491. The summed E-state index contributed by atoms with van der Waals surface area (Å²) >= 11 is 3.37. The largest absolute Gasteiger partial charge is 0.463 e. The molecule has 0 aliphatic rings. The van der Waals surface area contributed by atoms with Crippen molar-refractivity contribution in [2.45, 2.75) is 13.8 Å². The molecular formula is C12H13BrO3. The van der Waals surface area contributed by atoms with Crippen LogP contribution in [0.4, 0.5) is 0 Å². The number of methoxy groups -OCH3 is 1. The summed E-state index contributed by atoms with van der Waals surface area (Å²) < 4.78 is 10.8. The summed E-state index contributed by atoms with van der Waals surface area (Å²) in [4.78, 5) is 11.3. The Labute approximate surface area is 103 Å². The minimum absolute atomic E-state index is 0.173. The molecule has 0 aromatic heterocycles. The van der Waals surface area contributed by atoms with Crippen LogP contribution in [-0.2, 0) is 9.53 Å². The molecule has 0 amide bonds. The predicted octanol–water partition coefficient (Wildman–Crippen LogP) is 3.21. The number of allylic oxidation sites excluding steroid dienone is 1. The Morgan fingerprint density at radius 3 is 2.62 bits per heavy atom. The lowest BCUT2D eigenvalue weighted by Gasteiger charge is -2.09. The van der Waals surface area contributed by atoms with E-state index < -0.39 is 5.97 Å². The van der Waals surface area contributed by atoms with Crippen molar-refractivity contribution in [3.05, 3.63) is 40.1 Å². The highest BCUT2D eigenvalue weighted by Gasteiger charge is 2.12. The molecule has 0 saturated heterocycles. The molecular weight excluding hydrogens is 272 g/mol. The number of hydrogen-bond acceptors (Lipinski definition) is 3. The first-order valence-corrected chi connectivity index (χ1v) is 5.56. The molecule has 1 aromatic carbocycles. The molecule has 1 rings (SSSR count). The van der Waals surface area contributed by atoms with Gasteiger partial charge in [-0.25, -0.2) is 4.79 Å². The average Bonchev–Trinajstić information content (AvgIpc) is 2.27. The van der Waals surface area contributed by atoms with Crippen molar-refractivity contribution in [3.63, 3.8) is 0 Å². The van der Waals surface area contributed by atoms with Crippen LogP contribution in [0, 0.1) is 6.92 Å². The second-order valence-electron chi connectivity index (χ2n) is 3.18. The van der Waals surface area contributed by atoms with Crippen LogP contribution in [-0.4, -0.2) is 13.1 Å². The summed E-state index contributed by atoms with van der Waals surface area (Å²) in [5, 5.41) is 0. The van der Waals surface area contributed by atoms with Crippen molar-refractivity contribution >= 4 is 21.9 Å². The number of halogens is 1. The Bertz CT molecular complexity index is 424. The molecule has 0 saturated carbocycles. The van der Waals surface area contributed by atoms with Gasteiger partial charge in [0.2, 0.25) is 5.76 Å². The monoisotopic (exact) mass is 284 g/mol. The fourth-order valence-electron chi connectivity index (χ4n) is 1.13. The summed E-state index contributed by atoms with van der Waals surface area (Å²) in [7, 11) is 1.32. The normalized spacial score (nSPS) is 11.1. The molecule has 3 nitrogen and oxygen atoms in total. The highest BCUT2D eigenvalue weighted by molar-refractivity contribution is 9.10. The van der Waals surface area contributed by atoms with Gasteiger partial charge in [0.1, 0.15) is 5.75 Å². The van der Waals surface area contributed by atoms with Crippen molar-refractivity contribution in [1.29, 1.82) is 0 Å². The third kappa shape index (κ3) is 3.10. The van der Waals surface area contributed by atoms with Crippen LogP contribution >= 0.6 is 15.9 Å². The van der Waals surface area contributed by atoms with Crippen molar-refractivity contribution < 1.29 is 14.3 Å². The summed E-state index contributed by atoms with van der Waals surface area (Å²) in [6.07, 6.45) is 1.57. The number of hydrogen-bond donors (Lipinski definition) is 0. The molecule has 0 aliphatic heterocycles. The first kappa shape index (κ1) is 12.8. The van der Waals surface area contributed by atoms with Gasteiger partial charge in [-0.05, 0) is 53.5 Å². The standard InChI is InChI=1S/C12H13BrO3/c1-4-10(12(14)15-3)16-11-6-5-8(2)7-9(11)13/h4-7H,1-3H3/b10-4-. The Balaban J connectivity index is 2.91. The van der Waals surface area contributed by atoms with Crippen molar-refractivity contribution in [2.75, 3.05) is 7.11 Å². The second-order valence-corrected chi connectivity index (χ2v) is 4.03. The molecule has 86 valence electrons. The van der Waals surface area contributed by atoms with E-state index in [-0.39, 0.29) is 5.76 Å². The fourth-order valence-corrected chi connectivity index (χ4v) is 1.70. The third-order valence-electron chi connectivity index (χ3n) is 1.96. The van der Waals surface area contributed by atoms with E-state index in [4.69, 9.17) is 4.74 Å². The lowest BCUT2D eigenvalue weighted by molar-refractivity contribution is -0.138. The zero-order chi connectivity index (χ0) is 12.1. The van der Waals surface area contributed by atoms with Gasteiger partial charge in [-0.2, -0.15) is 0 Å². The lowest BCUT2D eigenvalue weighted by atomic mass is 10.2. The van der Waals surface area contributed by atoms with Gasteiger partial charge in [-0.1, -0.05) is 6.07 Å². The van der Waals surface area contributed by atoms with Gasteiger partial charge in [0.15, 0.2) is 0 Å². The van der Waals surface area contributed by atoms with Crippen LogP contribution in [0.15, 0.2) is 34.5 Å². The maximum absolute atomic E-state index is 11.3. The molecule has 4 heteroatoms. The van der Waals surface area contributed by atoms with Crippen molar-refractivity contribution in [2.24, 2.45) is 0 Å². The molecule has 0 fully saturated rings. The molecule has 1 aromatic rings. The van der Waals surface area contributed by atoms with E-state index in [1.54, 1.807) is 19.1 Å². The molecule has 0 heterocycles. The molecule has 0 bridgehead atoms. The second kappa shape index (κ2) is 5.70. The number of carbonyl (C=O) groups excluding carboxylic acids is 1. The zero-order valence-electron chi connectivity index (χ0n) is 9.41. The quantitative estimate of drug-likeness (QED) is 0.486. The number of esters is 1. The van der Waals surface area contributed by atoms with Gasteiger partial charge in [0.25, 0.3) is 0 Å². The van der Waals surface area contributed by atoms with Gasteiger partial charge in [0.05, 0.1) is 11.6 Å². The number of aryl methyl sites for hydroxylation is 1. The fraction of sp³-hybridized carbons (Fsp3) is 0.250. The Hall–Kier alpha value is -1.29. The van der Waals surface area contributed by atoms with Gasteiger partial charge in [0, 0.05) is 0 Å². The Morgan fingerprint density at radius 2 is 2.12 bits per heavy atom. The molecule has 16 heavy (non-hydrogen) atoms. The first-order valence-electron chi connectivity index (χ1n) is 4.77. The Kier molecular flexibility index (Phi) is 4.55. The lowest BCUT2D eigenvalue weighted by Crippen LogP contribution is -2.10. The van der Waals surface area contributed by atoms with E-state index >= 15 is 0 Å². The summed E-state index contributed by atoms with van der Waals surface area (Å²) in [5.41, 5.74) is 1.11. The van der Waals surface area contributed by atoms with Crippen LogP contribution in [0.25, 0.3) is 0 Å². The van der Waals surface area contributed by atoms with Crippen LogP contribution in [0.2, 0.25) is 0 Å². The number of carbonyl (C=O) groups is 1. The summed E-state index contributed by atoms with van der Waals surface area (Å²) in [6.45, 7) is 3.69. The number of benzene rings is 1. The maximum Gasteiger partial charge on any atom is 0.373 e. The topological polar surface area (TPSA) is 35.5 Å². The van der Waals surface area contributed by atoms with E-state index in [0.29, 0.717) is 5.75 Å². The third-order valence-corrected chi connectivity index (χ3v) is 2.58. The van der Waals surface area contributed by atoms with E-state index in [9.17, 15) is 4.79 Å². The molecule has 0 aliphatic carbocycles. The number of ether oxygens (including phenoxy) is 2. The predicted molar refractivity (Wildman–Crippen MR) is 65.3 cm³/mol. The highest BCUT2D eigenvalue weighted by Crippen LogP contribution is 2.27. The maximum atomic E-state index is 11.3. The molecule has 0 N–H and O–H groups in total. The van der Waals surface area contributed by atoms with Crippen LogP contribution in [0.1, 0.15) is 12.5 Å². The smallest absolute Gasteiger partial charge is 0.373 e. The first-order chi connectivity index (χ1) is 7.58. The van der Waals surface area contributed by atoms with E-state index in [0.717, 1.165) is 10.0 Å². The van der Waals surface area contributed by atoms with E-state index in [2.05, 4.69) is 20.7 Å². The summed E-state index contributed by atoms with van der Waals surface area (Å²) in [6, 6.07) is 5.62. The van der Waals surface area contributed by atoms with Gasteiger partial charge in [-0.15, -0.1) is 0 Å². The SMILES string of the molecule is C/C=C(\Oc1ccc(C)cc1Br)C(=O)OC. The van der Waals surface area contributed by atoms with Crippen LogP contribution < -0.4 is 4.74 Å².